The van der Waals surface area contributed by atoms with Crippen molar-refractivity contribution in [2.75, 3.05) is 36.4 Å². The zero-order chi connectivity index (χ0) is 22.9. The first kappa shape index (κ1) is 22.3. The number of hydrogen-bond acceptors (Lipinski definition) is 5. The number of fused-ring (bicyclic) bond motifs is 1. The molecular formula is C23H25F3N4O2. The van der Waals surface area contributed by atoms with Crippen LogP contribution in [0.2, 0.25) is 0 Å². The Morgan fingerprint density at radius 3 is 2.66 bits per heavy atom. The van der Waals surface area contributed by atoms with Crippen LogP contribution in [0.4, 0.5) is 24.7 Å². The molecule has 32 heavy (non-hydrogen) atoms. The van der Waals surface area contributed by atoms with E-state index in [4.69, 9.17) is 0 Å². The fourth-order valence-electron chi connectivity index (χ4n) is 4.25. The lowest BCUT2D eigenvalue weighted by molar-refractivity contribution is -0.137. The number of nitrogens with one attached hydrogen (secondary N) is 1. The summed E-state index contributed by atoms with van der Waals surface area (Å²) in [5, 5.41) is 2.94. The van der Waals surface area contributed by atoms with E-state index < -0.39 is 11.7 Å². The minimum atomic E-state index is -4.40. The van der Waals surface area contributed by atoms with Crippen LogP contribution in [0.15, 0.2) is 36.5 Å². The number of aromatic nitrogens is 1. The Morgan fingerprint density at radius 1 is 1.16 bits per heavy atom. The normalized spacial score (nSPS) is 19.6. The predicted molar refractivity (Wildman–Crippen MR) is 115 cm³/mol. The van der Waals surface area contributed by atoms with Crippen molar-refractivity contribution in [3.63, 3.8) is 0 Å². The van der Waals surface area contributed by atoms with Gasteiger partial charge in [0, 0.05) is 50.4 Å². The molecule has 1 aliphatic heterocycles. The van der Waals surface area contributed by atoms with Crippen LogP contribution in [-0.2, 0) is 28.6 Å². The molecule has 1 amide bonds. The number of aryl methyl sites for hydroxylation is 1. The van der Waals surface area contributed by atoms with Crippen molar-refractivity contribution in [1.29, 1.82) is 0 Å². The summed E-state index contributed by atoms with van der Waals surface area (Å²) in [4.78, 5) is 32.1. The van der Waals surface area contributed by atoms with E-state index in [1.807, 2.05) is 34.9 Å². The van der Waals surface area contributed by atoms with E-state index in [0.29, 0.717) is 44.7 Å². The van der Waals surface area contributed by atoms with Gasteiger partial charge in [-0.3, -0.25) is 14.5 Å². The highest BCUT2D eigenvalue weighted by Gasteiger charge is 2.31. The van der Waals surface area contributed by atoms with Crippen molar-refractivity contribution < 1.29 is 22.8 Å². The Labute approximate surface area is 184 Å². The SMILES string of the molecule is C[C@@H]1CN(c2ccc(C(F)(F)F)cn2)CCN1CC(=O)Nc1ccc2c(c1)CCC(=O)C2. The standard InChI is InChI=1S/C23H25F3N4O2/c1-15-13-30(21-7-4-18(12-27-21)23(24,25)26)9-8-29(15)14-22(32)28-19-5-2-17-11-20(31)6-3-16(17)10-19/h2,4-5,7,10,12,15H,3,6,8-9,11,13-14H2,1H3,(H,28,32)/t15-/m1/s1. The van der Waals surface area contributed by atoms with E-state index in [1.165, 1.54) is 6.07 Å². The topological polar surface area (TPSA) is 65.5 Å². The molecule has 1 aromatic heterocycles. The molecule has 2 aliphatic rings. The van der Waals surface area contributed by atoms with E-state index in [2.05, 4.69) is 10.3 Å². The molecule has 2 aromatic rings. The summed E-state index contributed by atoms with van der Waals surface area (Å²) >= 11 is 0. The molecule has 1 N–H and O–H groups in total. The van der Waals surface area contributed by atoms with Gasteiger partial charge in [0.15, 0.2) is 0 Å². The van der Waals surface area contributed by atoms with Crippen molar-refractivity contribution in [2.24, 2.45) is 0 Å². The van der Waals surface area contributed by atoms with E-state index in [-0.39, 0.29) is 24.3 Å². The molecule has 1 aromatic carbocycles. The molecule has 1 fully saturated rings. The zero-order valence-corrected chi connectivity index (χ0v) is 17.8. The van der Waals surface area contributed by atoms with Gasteiger partial charge in [0.2, 0.25) is 5.91 Å². The van der Waals surface area contributed by atoms with Crippen LogP contribution in [0.1, 0.15) is 30.0 Å². The summed E-state index contributed by atoms with van der Waals surface area (Å²) in [5.41, 5.74) is 2.09. The predicted octanol–water partition coefficient (Wildman–Crippen LogP) is 3.31. The Kier molecular flexibility index (Phi) is 6.19. The maximum atomic E-state index is 12.7. The summed E-state index contributed by atoms with van der Waals surface area (Å²) in [6.07, 6.45) is -1.84. The summed E-state index contributed by atoms with van der Waals surface area (Å²) in [5.74, 6) is 0.625. The van der Waals surface area contributed by atoms with Gasteiger partial charge in [-0.2, -0.15) is 13.2 Å². The molecule has 1 aliphatic carbocycles. The number of ketones is 1. The van der Waals surface area contributed by atoms with Gasteiger partial charge in [0.25, 0.3) is 0 Å². The van der Waals surface area contributed by atoms with Crippen molar-refractivity contribution in [1.82, 2.24) is 9.88 Å². The number of pyridine rings is 1. The fourth-order valence-corrected chi connectivity index (χ4v) is 4.25. The number of halogens is 3. The van der Waals surface area contributed by atoms with Crippen LogP contribution in [0.25, 0.3) is 0 Å². The first-order valence-corrected chi connectivity index (χ1v) is 10.6. The zero-order valence-electron chi connectivity index (χ0n) is 17.8. The molecule has 9 heteroatoms. The van der Waals surface area contributed by atoms with Gasteiger partial charge >= 0.3 is 6.18 Å². The monoisotopic (exact) mass is 446 g/mol. The minimum absolute atomic E-state index is 0.0353. The number of anilines is 2. The van der Waals surface area contributed by atoms with E-state index in [9.17, 15) is 22.8 Å². The number of piperazine rings is 1. The maximum Gasteiger partial charge on any atom is 0.417 e. The van der Waals surface area contributed by atoms with Gasteiger partial charge in [0.1, 0.15) is 11.6 Å². The molecule has 0 spiro atoms. The number of nitrogens with zero attached hydrogens (tertiary/aromatic N) is 3. The first-order valence-electron chi connectivity index (χ1n) is 10.6. The second kappa shape index (κ2) is 8.90. The molecule has 4 rings (SSSR count). The first-order chi connectivity index (χ1) is 15.2. The van der Waals surface area contributed by atoms with Gasteiger partial charge in [-0.15, -0.1) is 0 Å². The molecule has 0 radical (unpaired) electrons. The van der Waals surface area contributed by atoms with Crippen LogP contribution in [-0.4, -0.2) is 53.8 Å². The highest BCUT2D eigenvalue weighted by molar-refractivity contribution is 5.92. The quantitative estimate of drug-likeness (QED) is 0.781. The number of amides is 1. The molecule has 0 bridgehead atoms. The Balaban J connectivity index is 1.31. The van der Waals surface area contributed by atoms with E-state index >= 15 is 0 Å². The second-order valence-electron chi connectivity index (χ2n) is 8.42. The molecule has 6 nitrogen and oxygen atoms in total. The second-order valence-corrected chi connectivity index (χ2v) is 8.42. The largest absolute Gasteiger partial charge is 0.417 e. The van der Waals surface area contributed by atoms with Gasteiger partial charge in [-0.1, -0.05) is 6.07 Å². The Hall–Kier alpha value is -2.94. The van der Waals surface area contributed by atoms with E-state index in [1.54, 1.807) is 0 Å². The lowest BCUT2D eigenvalue weighted by Crippen LogP contribution is -2.54. The summed E-state index contributed by atoms with van der Waals surface area (Å²) in [6, 6.07) is 8.14. The number of carbonyl (C=O) groups excluding carboxylic acids is 2. The molecule has 1 atom stereocenters. The average molecular weight is 446 g/mol. The third kappa shape index (κ3) is 5.09. The minimum Gasteiger partial charge on any atom is -0.354 e. The van der Waals surface area contributed by atoms with Crippen LogP contribution in [0.5, 0.6) is 0 Å². The smallest absolute Gasteiger partial charge is 0.354 e. The van der Waals surface area contributed by atoms with Crippen LogP contribution < -0.4 is 10.2 Å². The molecule has 0 saturated carbocycles. The lowest BCUT2D eigenvalue weighted by Gasteiger charge is -2.40. The fraction of sp³-hybridized carbons (Fsp3) is 0.435. The number of hydrogen-bond donors (Lipinski definition) is 1. The van der Waals surface area contributed by atoms with Crippen LogP contribution >= 0.6 is 0 Å². The number of rotatable bonds is 4. The van der Waals surface area contributed by atoms with Crippen molar-refractivity contribution >= 4 is 23.2 Å². The molecule has 2 heterocycles. The lowest BCUT2D eigenvalue weighted by atomic mass is 9.90. The van der Waals surface area contributed by atoms with Crippen LogP contribution in [0, 0.1) is 0 Å². The van der Waals surface area contributed by atoms with Gasteiger partial charge < -0.3 is 10.2 Å². The highest BCUT2D eigenvalue weighted by atomic mass is 19.4. The van der Waals surface area contributed by atoms with Crippen molar-refractivity contribution in [2.45, 2.75) is 38.4 Å². The molecule has 170 valence electrons. The van der Waals surface area contributed by atoms with Crippen molar-refractivity contribution in [3.8, 4) is 0 Å². The Morgan fingerprint density at radius 2 is 1.97 bits per heavy atom. The molecule has 0 unspecified atom stereocenters. The third-order valence-electron chi connectivity index (χ3n) is 6.06. The van der Waals surface area contributed by atoms with Gasteiger partial charge in [-0.05, 0) is 48.7 Å². The van der Waals surface area contributed by atoms with E-state index in [0.717, 1.165) is 29.1 Å². The Bertz CT molecular complexity index is 1010. The van der Waals surface area contributed by atoms with Gasteiger partial charge in [-0.25, -0.2) is 4.98 Å². The van der Waals surface area contributed by atoms with Crippen LogP contribution in [0.3, 0.4) is 0 Å². The number of benzene rings is 1. The molecular weight excluding hydrogens is 421 g/mol. The summed E-state index contributed by atoms with van der Waals surface area (Å²) in [6.45, 7) is 3.95. The summed E-state index contributed by atoms with van der Waals surface area (Å²) in [7, 11) is 0. The average Bonchev–Trinajstić information content (AvgIpc) is 2.75. The highest BCUT2D eigenvalue weighted by Crippen LogP contribution is 2.29. The summed E-state index contributed by atoms with van der Waals surface area (Å²) < 4.78 is 38.2. The number of Topliss-reactive ketones (excluding diaryl/α,β-unsaturated/α-hetero) is 1. The number of carbonyl (C=O) groups is 2. The third-order valence-corrected chi connectivity index (χ3v) is 6.06. The van der Waals surface area contributed by atoms with Crippen molar-refractivity contribution in [3.05, 3.63) is 53.2 Å². The number of alkyl halides is 3. The van der Waals surface area contributed by atoms with Gasteiger partial charge in [0.05, 0.1) is 12.1 Å². The molecule has 1 saturated heterocycles. The maximum absolute atomic E-state index is 12.7.